The number of carbonyl (C=O) groups excluding carboxylic acids is 2. The molecule has 1 unspecified atom stereocenters. The molecule has 1 atom stereocenters. The molecule has 0 aliphatic carbocycles. The molecule has 2 N–H and O–H groups in total. The zero-order chi connectivity index (χ0) is 20.4. The lowest BCUT2D eigenvalue weighted by molar-refractivity contribution is -0.126. The molecule has 4 rings (SSSR count). The molecule has 2 aromatic carbocycles. The summed E-state index contributed by atoms with van der Waals surface area (Å²) in [6.07, 6.45) is 0.790. The fourth-order valence-corrected chi connectivity index (χ4v) is 3.80. The number of benzene rings is 2. The highest BCUT2D eigenvalue weighted by Gasteiger charge is 2.36. The van der Waals surface area contributed by atoms with Gasteiger partial charge in [-0.3, -0.25) is 9.59 Å². The number of amides is 2. The Kier molecular flexibility index (Phi) is 5.36. The van der Waals surface area contributed by atoms with Crippen molar-refractivity contribution in [1.82, 2.24) is 15.1 Å². The van der Waals surface area contributed by atoms with Crippen LogP contribution in [-0.2, 0) is 16.0 Å². The lowest BCUT2D eigenvalue weighted by atomic mass is 10.1. The van der Waals surface area contributed by atoms with Crippen LogP contribution in [0.1, 0.15) is 23.7 Å². The van der Waals surface area contributed by atoms with Gasteiger partial charge in [-0.2, -0.15) is 5.10 Å². The molecule has 0 spiro atoms. The molecule has 3 aromatic rings. The number of nitrogens with one attached hydrogen (secondary N) is 2. The topological polar surface area (TPSA) is 76.0 Å². The molecule has 0 bridgehead atoms. The minimum Gasteiger partial charge on any atom is -0.356 e. The highest BCUT2D eigenvalue weighted by Crippen LogP contribution is 2.38. The number of hydrogen-bond donors (Lipinski definition) is 2. The van der Waals surface area contributed by atoms with Crippen molar-refractivity contribution >= 4 is 29.2 Å². The molecule has 2 amide bonds. The number of hydrogen-bond acceptors (Lipinski definition) is 3. The molecular formula is C22H21ClN4O2. The molecule has 2 heterocycles. The van der Waals surface area contributed by atoms with Crippen LogP contribution in [0.25, 0.3) is 11.1 Å². The summed E-state index contributed by atoms with van der Waals surface area (Å²) in [6.45, 7) is 2.40. The van der Waals surface area contributed by atoms with Gasteiger partial charge in [0, 0.05) is 17.1 Å². The predicted molar refractivity (Wildman–Crippen MR) is 113 cm³/mol. The van der Waals surface area contributed by atoms with Gasteiger partial charge >= 0.3 is 0 Å². The van der Waals surface area contributed by atoms with E-state index in [4.69, 9.17) is 11.6 Å². The predicted octanol–water partition coefficient (Wildman–Crippen LogP) is 3.75. The Morgan fingerprint density at radius 2 is 2.00 bits per heavy atom. The molecule has 1 aliphatic heterocycles. The van der Waals surface area contributed by atoms with Gasteiger partial charge < -0.3 is 10.6 Å². The van der Waals surface area contributed by atoms with Crippen LogP contribution < -0.4 is 10.6 Å². The minimum atomic E-state index is -0.659. The second-order valence-electron chi connectivity index (χ2n) is 7.06. The van der Waals surface area contributed by atoms with E-state index in [1.54, 1.807) is 10.7 Å². The average Bonchev–Trinajstić information content (AvgIpc) is 3.16. The van der Waals surface area contributed by atoms with Crippen LogP contribution in [0.15, 0.2) is 54.6 Å². The Hall–Kier alpha value is -3.12. The van der Waals surface area contributed by atoms with E-state index >= 15 is 0 Å². The number of anilines is 1. The molecule has 7 heteroatoms. The zero-order valence-electron chi connectivity index (χ0n) is 16.0. The third kappa shape index (κ3) is 4.03. The normalized spacial score (nSPS) is 15.1. The van der Waals surface area contributed by atoms with Gasteiger partial charge in [0.1, 0.15) is 11.9 Å². The van der Waals surface area contributed by atoms with Crippen LogP contribution in [0.5, 0.6) is 0 Å². The van der Waals surface area contributed by atoms with Crippen molar-refractivity contribution < 1.29 is 9.59 Å². The summed E-state index contributed by atoms with van der Waals surface area (Å²) in [5.74, 6) is 0.206. The fourth-order valence-electron chi connectivity index (χ4n) is 3.61. The van der Waals surface area contributed by atoms with E-state index in [-0.39, 0.29) is 18.2 Å². The maximum absolute atomic E-state index is 12.5. The van der Waals surface area contributed by atoms with Gasteiger partial charge in [-0.15, -0.1) is 0 Å². The molecule has 6 nitrogen and oxygen atoms in total. The summed E-state index contributed by atoms with van der Waals surface area (Å²) >= 11 is 6.12. The summed E-state index contributed by atoms with van der Waals surface area (Å²) in [6, 6.07) is 16.7. The first-order chi connectivity index (χ1) is 14.0. The first-order valence-corrected chi connectivity index (χ1v) is 9.87. The highest BCUT2D eigenvalue weighted by atomic mass is 35.5. The first-order valence-electron chi connectivity index (χ1n) is 9.49. The van der Waals surface area contributed by atoms with E-state index < -0.39 is 6.04 Å². The largest absolute Gasteiger partial charge is 0.356 e. The van der Waals surface area contributed by atoms with Crippen molar-refractivity contribution in [2.75, 3.05) is 11.9 Å². The quantitative estimate of drug-likeness (QED) is 0.652. The van der Waals surface area contributed by atoms with Crippen LogP contribution in [0, 0.1) is 6.92 Å². The van der Waals surface area contributed by atoms with E-state index in [9.17, 15) is 9.59 Å². The molecule has 1 aliphatic rings. The second kappa shape index (κ2) is 8.09. The lowest BCUT2D eigenvalue weighted by Gasteiger charge is -2.10. The van der Waals surface area contributed by atoms with E-state index in [1.165, 1.54) is 0 Å². The smallest absolute Gasteiger partial charge is 0.251 e. The van der Waals surface area contributed by atoms with E-state index in [0.717, 1.165) is 28.8 Å². The van der Waals surface area contributed by atoms with Crippen molar-refractivity contribution in [2.24, 2.45) is 0 Å². The maximum Gasteiger partial charge on any atom is 0.251 e. The Balaban J connectivity index is 1.46. The third-order valence-corrected chi connectivity index (χ3v) is 5.23. The van der Waals surface area contributed by atoms with Crippen molar-refractivity contribution in [3.63, 3.8) is 0 Å². The van der Waals surface area contributed by atoms with Gasteiger partial charge in [-0.1, -0.05) is 54.1 Å². The van der Waals surface area contributed by atoms with Crippen LogP contribution in [0.3, 0.4) is 0 Å². The van der Waals surface area contributed by atoms with Gasteiger partial charge in [-0.25, -0.2) is 4.68 Å². The summed E-state index contributed by atoms with van der Waals surface area (Å²) in [5.41, 5.74) is 3.64. The highest BCUT2D eigenvalue weighted by molar-refractivity contribution is 6.30. The first kappa shape index (κ1) is 19.2. The summed E-state index contributed by atoms with van der Waals surface area (Å²) in [5, 5.41) is 10.9. The van der Waals surface area contributed by atoms with E-state index in [0.29, 0.717) is 17.4 Å². The number of fused-ring (bicyclic) bond motifs is 1. The van der Waals surface area contributed by atoms with Crippen LogP contribution in [0.4, 0.5) is 5.82 Å². The molecule has 29 heavy (non-hydrogen) atoms. The number of rotatable bonds is 6. The van der Waals surface area contributed by atoms with E-state index in [2.05, 4.69) is 15.7 Å². The van der Waals surface area contributed by atoms with Gasteiger partial charge in [0.25, 0.3) is 5.91 Å². The SMILES string of the molecule is Cc1nn2c(c1-c1cccc(Cl)c1)NC(=O)C2CC(=O)NCCc1ccccc1. The lowest BCUT2D eigenvalue weighted by Crippen LogP contribution is -2.30. The van der Waals surface area contributed by atoms with Crippen LogP contribution >= 0.6 is 11.6 Å². The van der Waals surface area contributed by atoms with Gasteiger partial charge in [0.15, 0.2) is 0 Å². The maximum atomic E-state index is 12.5. The minimum absolute atomic E-state index is 0.0454. The Morgan fingerprint density at radius 1 is 1.21 bits per heavy atom. The van der Waals surface area contributed by atoms with Gasteiger partial charge in [-0.05, 0) is 36.6 Å². The number of aromatic nitrogens is 2. The van der Waals surface area contributed by atoms with Crippen molar-refractivity contribution in [2.45, 2.75) is 25.8 Å². The van der Waals surface area contributed by atoms with Crippen LogP contribution in [-0.4, -0.2) is 28.1 Å². The Bertz CT molecular complexity index is 1060. The number of nitrogens with zero attached hydrogens (tertiary/aromatic N) is 2. The monoisotopic (exact) mass is 408 g/mol. The summed E-state index contributed by atoms with van der Waals surface area (Å²) < 4.78 is 1.62. The molecule has 0 radical (unpaired) electrons. The van der Waals surface area contributed by atoms with Crippen molar-refractivity contribution in [3.8, 4) is 11.1 Å². The second-order valence-corrected chi connectivity index (χ2v) is 7.50. The standard InChI is InChI=1S/C22H21ClN4O2/c1-14-20(16-8-5-9-17(23)12-16)21-25-22(29)18(27(21)26-14)13-19(28)24-11-10-15-6-3-2-4-7-15/h2-9,12,18H,10-11,13H2,1H3,(H,24,28)(H,25,29). The van der Waals surface area contributed by atoms with Crippen molar-refractivity contribution in [3.05, 3.63) is 70.9 Å². The molecule has 1 aromatic heterocycles. The van der Waals surface area contributed by atoms with Crippen LogP contribution in [0.2, 0.25) is 5.02 Å². The average molecular weight is 409 g/mol. The number of halogens is 1. The number of aryl methyl sites for hydroxylation is 1. The summed E-state index contributed by atoms with van der Waals surface area (Å²) in [4.78, 5) is 24.9. The molecular weight excluding hydrogens is 388 g/mol. The molecule has 0 saturated carbocycles. The molecule has 0 saturated heterocycles. The molecule has 148 valence electrons. The fraction of sp³-hybridized carbons (Fsp3) is 0.227. The summed E-state index contributed by atoms with van der Waals surface area (Å²) in [7, 11) is 0. The Morgan fingerprint density at radius 3 is 2.76 bits per heavy atom. The third-order valence-electron chi connectivity index (χ3n) is 5.00. The van der Waals surface area contributed by atoms with Gasteiger partial charge in [0.05, 0.1) is 12.1 Å². The van der Waals surface area contributed by atoms with E-state index in [1.807, 2.05) is 55.5 Å². The number of carbonyl (C=O) groups is 2. The van der Waals surface area contributed by atoms with Gasteiger partial charge in [0.2, 0.25) is 5.91 Å². The Labute approximate surface area is 173 Å². The molecule has 0 fully saturated rings. The zero-order valence-corrected chi connectivity index (χ0v) is 16.7. The van der Waals surface area contributed by atoms with Crippen molar-refractivity contribution in [1.29, 1.82) is 0 Å².